The van der Waals surface area contributed by atoms with Gasteiger partial charge >= 0.3 is 0 Å². The zero-order valence-corrected chi connectivity index (χ0v) is 23.1. The predicted molar refractivity (Wildman–Crippen MR) is 146 cm³/mol. The van der Waals surface area contributed by atoms with Crippen LogP contribution in [-0.2, 0) is 32.6 Å². The first-order chi connectivity index (χ1) is 17.7. The van der Waals surface area contributed by atoms with Crippen molar-refractivity contribution in [3.8, 4) is 5.75 Å². The average molecular weight is 530 g/mol. The van der Waals surface area contributed by atoms with Gasteiger partial charge in [0.15, 0.2) is 0 Å². The highest BCUT2D eigenvalue weighted by atomic mass is 32.2. The van der Waals surface area contributed by atoms with Crippen LogP contribution >= 0.6 is 0 Å². The van der Waals surface area contributed by atoms with Crippen molar-refractivity contribution in [2.24, 2.45) is 0 Å². The Hall–Kier alpha value is -3.07. The highest BCUT2D eigenvalue weighted by Crippen LogP contribution is 2.22. The number of amides is 2. The van der Waals surface area contributed by atoms with Gasteiger partial charge in [0.25, 0.3) is 0 Å². The number of rotatable bonds is 12. The van der Waals surface area contributed by atoms with E-state index in [0.29, 0.717) is 17.9 Å². The van der Waals surface area contributed by atoms with Crippen molar-refractivity contribution in [2.75, 3.05) is 24.2 Å². The number of nitrogens with zero attached hydrogens (tertiary/aromatic N) is 2. The van der Waals surface area contributed by atoms with Crippen LogP contribution in [-0.4, -0.2) is 57.1 Å². The van der Waals surface area contributed by atoms with Gasteiger partial charge in [-0.3, -0.25) is 13.9 Å². The van der Waals surface area contributed by atoms with E-state index in [1.165, 1.54) is 4.90 Å². The van der Waals surface area contributed by atoms with Crippen molar-refractivity contribution >= 4 is 27.5 Å². The number of benzene rings is 2. The number of methoxy groups -OCH3 is 1. The number of anilines is 1. The molecular weight excluding hydrogens is 490 g/mol. The minimum absolute atomic E-state index is 0.115. The standard InChI is InChI=1S/C28H39N3O5S/c1-5-21-11-15-24(16-12-21)31(37(4,34)35)20-27(32)30(19-22-13-17-25(36-3)18-14-22)26(6-2)28(33)29-23-9-7-8-10-23/h11-18,23,26H,5-10,19-20H2,1-4H3,(H,29,33)/t26-/m0/s1. The predicted octanol–water partition coefficient (Wildman–Crippen LogP) is 3.89. The maximum Gasteiger partial charge on any atom is 0.244 e. The van der Waals surface area contributed by atoms with Crippen molar-refractivity contribution in [1.29, 1.82) is 0 Å². The number of nitrogens with one attached hydrogen (secondary N) is 1. The number of aryl methyl sites for hydroxylation is 1. The van der Waals surface area contributed by atoms with E-state index in [4.69, 9.17) is 4.74 Å². The molecule has 3 rings (SSSR count). The van der Waals surface area contributed by atoms with E-state index >= 15 is 0 Å². The number of carbonyl (C=O) groups excluding carboxylic acids is 2. The lowest BCUT2D eigenvalue weighted by Crippen LogP contribution is -2.53. The Kier molecular flexibility index (Phi) is 9.97. The van der Waals surface area contributed by atoms with Crippen LogP contribution in [0, 0.1) is 0 Å². The summed E-state index contributed by atoms with van der Waals surface area (Å²) in [5, 5.41) is 3.11. The Labute approximate surface area is 221 Å². The maximum absolute atomic E-state index is 13.8. The molecule has 0 bridgehead atoms. The summed E-state index contributed by atoms with van der Waals surface area (Å²) in [6.07, 6.45) is 6.35. The molecule has 1 aliphatic carbocycles. The van der Waals surface area contributed by atoms with Gasteiger partial charge in [0.2, 0.25) is 21.8 Å². The van der Waals surface area contributed by atoms with E-state index in [0.717, 1.165) is 53.8 Å². The molecule has 0 saturated heterocycles. The summed E-state index contributed by atoms with van der Waals surface area (Å²) in [6, 6.07) is 13.8. The second-order valence-corrected chi connectivity index (χ2v) is 11.5. The van der Waals surface area contributed by atoms with E-state index in [1.807, 2.05) is 38.1 Å². The van der Waals surface area contributed by atoms with Gasteiger partial charge < -0.3 is 15.0 Å². The van der Waals surface area contributed by atoms with E-state index < -0.39 is 28.5 Å². The Morgan fingerprint density at radius 3 is 2.11 bits per heavy atom. The third kappa shape index (κ3) is 7.71. The largest absolute Gasteiger partial charge is 0.497 e. The van der Waals surface area contributed by atoms with Gasteiger partial charge in [0.1, 0.15) is 18.3 Å². The molecule has 202 valence electrons. The lowest BCUT2D eigenvalue weighted by Gasteiger charge is -2.33. The molecule has 2 aromatic rings. The number of ether oxygens (including phenoxy) is 1. The SMILES string of the molecule is CCc1ccc(N(CC(=O)N(Cc2ccc(OC)cc2)[C@@H](CC)C(=O)NC2CCCC2)S(C)(=O)=O)cc1. The number of hydrogen-bond donors (Lipinski definition) is 1. The molecule has 8 nitrogen and oxygen atoms in total. The summed E-state index contributed by atoms with van der Waals surface area (Å²) < 4.78 is 31.8. The number of hydrogen-bond acceptors (Lipinski definition) is 5. The first kappa shape index (κ1) is 28.5. The van der Waals surface area contributed by atoms with Crippen LogP contribution in [0.4, 0.5) is 5.69 Å². The molecule has 0 unspecified atom stereocenters. The Morgan fingerprint density at radius 1 is 1.00 bits per heavy atom. The molecule has 0 spiro atoms. The molecular formula is C28H39N3O5S. The van der Waals surface area contributed by atoms with E-state index in [-0.39, 0.29) is 18.5 Å². The van der Waals surface area contributed by atoms with Crippen molar-refractivity contribution in [2.45, 2.75) is 71.0 Å². The summed E-state index contributed by atoms with van der Waals surface area (Å²) in [6.45, 7) is 3.66. The molecule has 9 heteroatoms. The monoisotopic (exact) mass is 529 g/mol. The summed E-state index contributed by atoms with van der Waals surface area (Å²) in [4.78, 5) is 28.6. The van der Waals surface area contributed by atoms with Crippen LogP contribution < -0.4 is 14.4 Å². The second kappa shape index (κ2) is 12.9. The molecule has 0 heterocycles. The smallest absolute Gasteiger partial charge is 0.244 e. The molecule has 1 atom stereocenters. The van der Waals surface area contributed by atoms with Gasteiger partial charge in [-0.05, 0) is 61.1 Å². The highest BCUT2D eigenvalue weighted by Gasteiger charge is 2.33. The highest BCUT2D eigenvalue weighted by molar-refractivity contribution is 7.92. The third-order valence-electron chi connectivity index (χ3n) is 6.91. The third-order valence-corrected chi connectivity index (χ3v) is 8.05. The molecule has 0 aliphatic heterocycles. The van der Waals surface area contributed by atoms with Crippen LogP contribution in [0.25, 0.3) is 0 Å². The molecule has 2 aromatic carbocycles. The Balaban J connectivity index is 1.90. The molecule has 1 fully saturated rings. The first-order valence-electron chi connectivity index (χ1n) is 13.0. The van der Waals surface area contributed by atoms with Crippen molar-refractivity contribution < 1.29 is 22.7 Å². The zero-order valence-electron chi connectivity index (χ0n) is 22.3. The van der Waals surface area contributed by atoms with Crippen LogP contribution in [0.1, 0.15) is 57.1 Å². The van der Waals surface area contributed by atoms with Gasteiger partial charge in [-0.2, -0.15) is 0 Å². The lowest BCUT2D eigenvalue weighted by atomic mass is 10.1. The summed E-state index contributed by atoms with van der Waals surface area (Å²) >= 11 is 0. The fraction of sp³-hybridized carbons (Fsp3) is 0.500. The van der Waals surface area contributed by atoms with E-state index in [2.05, 4.69) is 5.32 Å². The molecule has 1 saturated carbocycles. The van der Waals surface area contributed by atoms with E-state index in [1.54, 1.807) is 31.4 Å². The molecule has 0 radical (unpaired) electrons. The molecule has 1 N–H and O–H groups in total. The molecule has 37 heavy (non-hydrogen) atoms. The van der Waals surface area contributed by atoms with Crippen molar-refractivity contribution in [1.82, 2.24) is 10.2 Å². The van der Waals surface area contributed by atoms with Crippen LogP contribution in [0.15, 0.2) is 48.5 Å². The van der Waals surface area contributed by atoms with E-state index in [9.17, 15) is 18.0 Å². The fourth-order valence-electron chi connectivity index (χ4n) is 4.73. The van der Waals surface area contributed by atoms with Crippen molar-refractivity contribution in [3.05, 3.63) is 59.7 Å². The first-order valence-corrected chi connectivity index (χ1v) is 14.8. The minimum Gasteiger partial charge on any atom is -0.497 e. The molecule has 1 aliphatic rings. The number of carbonyl (C=O) groups is 2. The van der Waals surface area contributed by atoms with Gasteiger partial charge in [0, 0.05) is 12.6 Å². The Morgan fingerprint density at radius 2 is 1.59 bits per heavy atom. The van der Waals surface area contributed by atoms with Gasteiger partial charge in [-0.25, -0.2) is 8.42 Å². The van der Waals surface area contributed by atoms with Crippen LogP contribution in [0.3, 0.4) is 0 Å². The fourth-order valence-corrected chi connectivity index (χ4v) is 5.58. The number of sulfonamides is 1. The maximum atomic E-state index is 13.8. The van der Waals surface area contributed by atoms with Crippen molar-refractivity contribution in [3.63, 3.8) is 0 Å². The normalized spacial score (nSPS) is 14.7. The minimum atomic E-state index is -3.75. The van der Waals surface area contributed by atoms with Crippen LogP contribution in [0.5, 0.6) is 5.75 Å². The molecule has 0 aromatic heterocycles. The second-order valence-electron chi connectivity index (χ2n) is 9.57. The summed E-state index contributed by atoms with van der Waals surface area (Å²) in [7, 11) is -2.17. The van der Waals surface area contributed by atoms with Gasteiger partial charge in [-0.1, -0.05) is 51.0 Å². The van der Waals surface area contributed by atoms with Crippen LogP contribution in [0.2, 0.25) is 0 Å². The lowest BCUT2D eigenvalue weighted by molar-refractivity contribution is -0.140. The summed E-state index contributed by atoms with van der Waals surface area (Å²) in [5.41, 5.74) is 2.31. The quantitative estimate of drug-likeness (QED) is 0.450. The average Bonchev–Trinajstić information content (AvgIpc) is 3.40. The van der Waals surface area contributed by atoms with Gasteiger partial charge in [-0.15, -0.1) is 0 Å². The zero-order chi connectivity index (χ0) is 27.0. The topological polar surface area (TPSA) is 96.0 Å². The summed E-state index contributed by atoms with van der Waals surface area (Å²) in [5.74, 6) is 0.0510. The molecule has 2 amide bonds. The van der Waals surface area contributed by atoms with Gasteiger partial charge in [0.05, 0.1) is 19.1 Å². The Bertz CT molecular complexity index is 1140.